The van der Waals surface area contributed by atoms with Crippen molar-refractivity contribution in [2.75, 3.05) is 0 Å². The highest BCUT2D eigenvalue weighted by Crippen LogP contribution is 2.45. The van der Waals surface area contributed by atoms with Crippen LogP contribution in [0.4, 0.5) is 0 Å². The number of para-hydroxylation sites is 1. The van der Waals surface area contributed by atoms with Crippen molar-refractivity contribution in [2.24, 2.45) is 0 Å². The lowest BCUT2D eigenvalue weighted by Crippen LogP contribution is -2.21. The second kappa shape index (κ2) is 6.50. The van der Waals surface area contributed by atoms with E-state index in [1.165, 1.54) is 12.1 Å². The molecule has 0 bridgehead atoms. The molecule has 2 unspecified atom stereocenters. The Morgan fingerprint density at radius 3 is 2.61 bits per heavy atom. The number of phosphoric acid groups is 1. The summed E-state index contributed by atoms with van der Waals surface area (Å²) in [7, 11) is -4.32. The Morgan fingerprint density at radius 2 is 2.11 bits per heavy atom. The fourth-order valence-electron chi connectivity index (χ4n) is 1.26. The maximum atomic E-state index is 11.7. The van der Waals surface area contributed by atoms with E-state index in [-0.39, 0.29) is 12.2 Å². The van der Waals surface area contributed by atoms with Gasteiger partial charge in [0.25, 0.3) is 0 Å². The van der Waals surface area contributed by atoms with Gasteiger partial charge in [0.15, 0.2) is 5.78 Å². The first kappa shape index (κ1) is 14.6. The predicted molar refractivity (Wildman–Crippen MR) is 67.3 cm³/mol. The lowest BCUT2D eigenvalue weighted by Gasteiger charge is -2.17. The van der Waals surface area contributed by atoms with E-state index in [2.05, 4.69) is 6.58 Å². The molecule has 0 fully saturated rings. The van der Waals surface area contributed by atoms with Crippen LogP contribution in [0.1, 0.15) is 13.3 Å². The number of ketones is 1. The van der Waals surface area contributed by atoms with Crippen molar-refractivity contribution in [1.82, 2.24) is 0 Å². The van der Waals surface area contributed by atoms with E-state index in [0.29, 0.717) is 0 Å². The molecule has 0 heterocycles. The second-order valence-corrected chi connectivity index (χ2v) is 4.81. The van der Waals surface area contributed by atoms with Crippen molar-refractivity contribution in [1.29, 1.82) is 0 Å². The van der Waals surface area contributed by atoms with Gasteiger partial charge in [-0.1, -0.05) is 31.7 Å². The number of hydrogen-bond acceptors (Lipinski definition) is 4. The Balaban J connectivity index is 2.72. The molecular formula is C12H15O5P. The summed E-state index contributed by atoms with van der Waals surface area (Å²) in [4.78, 5) is 20.9. The van der Waals surface area contributed by atoms with E-state index in [9.17, 15) is 14.3 Å². The minimum Gasteiger partial charge on any atom is -0.404 e. The third-order valence-corrected chi connectivity index (χ3v) is 3.08. The Morgan fingerprint density at radius 1 is 1.50 bits per heavy atom. The predicted octanol–water partition coefficient (Wildman–Crippen LogP) is 2.72. The van der Waals surface area contributed by atoms with Crippen LogP contribution in [0.15, 0.2) is 43.0 Å². The van der Waals surface area contributed by atoms with Crippen molar-refractivity contribution < 1.29 is 23.3 Å². The molecule has 1 rings (SSSR count). The van der Waals surface area contributed by atoms with Crippen LogP contribution in [0, 0.1) is 0 Å². The number of phosphoric ester groups is 1. The van der Waals surface area contributed by atoms with Crippen LogP contribution >= 0.6 is 7.82 Å². The molecule has 0 radical (unpaired) electrons. The molecular weight excluding hydrogens is 255 g/mol. The summed E-state index contributed by atoms with van der Waals surface area (Å²) in [5.74, 6) is -0.257. The first-order chi connectivity index (χ1) is 8.48. The fourth-order valence-corrected chi connectivity index (χ4v) is 2.26. The summed E-state index contributed by atoms with van der Waals surface area (Å²) in [6.07, 6.45) is 0.284. The highest BCUT2D eigenvalue weighted by molar-refractivity contribution is 7.47. The van der Waals surface area contributed by atoms with Crippen molar-refractivity contribution in [3.63, 3.8) is 0 Å². The molecule has 18 heavy (non-hydrogen) atoms. The van der Waals surface area contributed by atoms with Crippen LogP contribution in [0.3, 0.4) is 0 Å². The van der Waals surface area contributed by atoms with E-state index in [1.807, 2.05) is 0 Å². The van der Waals surface area contributed by atoms with E-state index >= 15 is 0 Å². The van der Waals surface area contributed by atoms with Crippen LogP contribution in [-0.2, 0) is 13.9 Å². The minimum atomic E-state index is -4.32. The third kappa shape index (κ3) is 4.45. The van der Waals surface area contributed by atoms with Crippen molar-refractivity contribution >= 4 is 13.6 Å². The van der Waals surface area contributed by atoms with Gasteiger partial charge in [0.05, 0.1) is 0 Å². The highest BCUT2D eigenvalue weighted by Gasteiger charge is 2.30. The van der Waals surface area contributed by atoms with Crippen molar-refractivity contribution in [3.8, 4) is 5.75 Å². The summed E-state index contributed by atoms with van der Waals surface area (Å²) in [6, 6.07) is 8.08. The van der Waals surface area contributed by atoms with Crippen LogP contribution in [0.25, 0.3) is 0 Å². The molecule has 98 valence electrons. The molecule has 0 aliphatic rings. The molecule has 0 spiro atoms. The van der Waals surface area contributed by atoms with Gasteiger partial charge in [0.2, 0.25) is 0 Å². The monoisotopic (exact) mass is 270 g/mol. The second-order valence-electron chi connectivity index (χ2n) is 3.48. The average molecular weight is 270 g/mol. The largest absolute Gasteiger partial charge is 0.528 e. The summed E-state index contributed by atoms with van der Waals surface area (Å²) in [5.41, 5.74) is 0. The molecule has 1 N–H and O–H groups in total. The average Bonchev–Trinajstić information content (AvgIpc) is 2.35. The molecule has 0 saturated heterocycles. The topological polar surface area (TPSA) is 72.8 Å². The molecule has 2 atom stereocenters. The fraction of sp³-hybridized carbons (Fsp3) is 0.250. The van der Waals surface area contributed by atoms with Gasteiger partial charge in [-0.2, -0.15) is 0 Å². The number of carbonyl (C=O) groups is 1. The first-order valence-corrected chi connectivity index (χ1v) is 6.90. The summed E-state index contributed by atoms with van der Waals surface area (Å²) >= 11 is 0. The Kier molecular flexibility index (Phi) is 5.28. The van der Waals surface area contributed by atoms with Crippen LogP contribution in [-0.4, -0.2) is 16.8 Å². The molecule has 1 aromatic carbocycles. The Labute approximate surface area is 106 Å². The van der Waals surface area contributed by atoms with Crippen molar-refractivity contribution in [3.05, 3.63) is 43.0 Å². The van der Waals surface area contributed by atoms with E-state index in [4.69, 9.17) is 9.05 Å². The molecule has 1 aromatic rings. The van der Waals surface area contributed by atoms with E-state index in [0.717, 1.165) is 6.08 Å². The zero-order chi connectivity index (χ0) is 13.6. The number of rotatable bonds is 7. The van der Waals surface area contributed by atoms with Crippen molar-refractivity contribution in [2.45, 2.75) is 19.4 Å². The maximum Gasteiger partial charge on any atom is 0.528 e. The van der Waals surface area contributed by atoms with Gasteiger partial charge in [-0.3, -0.25) is 14.2 Å². The van der Waals surface area contributed by atoms with Gasteiger partial charge >= 0.3 is 7.82 Å². The highest BCUT2D eigenvalue weighted by atomic mass is 31.2. The summed E-state index contributed by atoms with van der Waals surface area (Å²) in [5, 5.41) is 0. The summed E-state index contributed by atoms with van der Waals surface area (Å²) < 4.78 is 21.3. The maximum absolute atomic E-state index is 11.7. The smallest absolute Gasteiger partial charge is 0.404 e. The van der Waals surface area contributed by atoms with Crippen LogP contribution in [0.2, 0.25) is 0 Å². The standard InChI is InChI=1S/C12H15O5P/c1-3-11(13)12(4-2)17-18(14,15)16-10-8-6-5-7-9-10/h3,5-9,12H,1,4H2,2H3,(H,14,15). The molecule has 0 aromatic heterocycles. The SMILES string of the molecule is C=CC(=O)C(CC)OP(=O)(O)Oc1ccccc1. The number of carbonyl (C=O) groups excluding carboxylic acids is 1. The zero-order valence-electron chi connectivity index (χ0n) is 9.98. The summed E-state index contributed by atoms with van der Waals surface area (Å²) in [6.45, 7) is 4.96. The molecule has 0 aliphatic heterocycles. The van der Waals surface area contributed by atoms with Gasteiger partial charge in [0, 0.05) is 0 Å². The lowest BCUT2D eigenvalue weighted by molar-refractivity contribution is -0.121. The quantitative estimate of drug-likeness (QED) is 0.609. The van der Waals surface area contributed by atoms with E-state index in [1.54, 1.807) is 25.1 Å². The van der Waals surface area contributed by atoms with Gasteiger partial charge in [-0.25, -0.2) is 4.57 Å². The third-order valence-electron chi connectivity index (χ3n) is 2.11. The lowest BCUT2D eigenvalue weighted by atomic mass is 10.2. The van der Waals surface area contributed by atoms with Gasteiger partial charge in [0.1, 0.15) is 11.9 Å². The van der Waals surface area contributed by atoms with Gasteiger partial charge in [-0.15, -0.1) is 0 Å². The first-order valence-electron chi connectivity index (χ1n) is 5.40. The molecule has 6 heteroatoms. The van der Waals surface area contributed by atoms with Crippen LogP contribution < -0.4 is 4.52 Å². The number of benzene rings is 1. The molecule has 5 nitrogen and oxygen atoms in total. The molecule has 0 aliphatic carbocycles. The minimum absolute atomic E-state index is 0.198. The Bertz CT molecular complexity index is 457. The Hall–Kier alpha value is -1.42. The normalized spacial score (nSPS) is 15.4. The van der Waals surface area contributed by atoms with Gasteiger partial charge in [-0.05, 0) is 24.6 Å². The van der Waals surface area contributed by atoms with Crippen LogP contribution in [0.5, 0.6) is 5.75 Å². The zero-order valence-corrected chi connectivity index (χ0v) is 10.9. The number of hydrogen-bond donors (Lipinski definition) is 1. The molecule has 0 saturated carbocycles. The van der Waals surface area contributed by atoms with E-state index < -0.39 is 19.7 Å². The molecule has 0 amide bonds. The van der Waals surface area contributed by atoms with Gasteiger partial charge < -0.3 is 4.52 Å².